The number of aromatic nitrogens is 2. The summed E-state index contributed by atoms with van der Waals surface area (Å²) in [6.45, 7) is 0. The van der Waals surface area contributed by atoms with Crippen molar-refractivity contribution >= 4 is 17.3 Å². The predicted molar refractivity (Wildman–Crippen MR) is 76.3 cm³/mol. The lowest BCUT2D eigenvalue weighted by molar-refractivity contribution is -0.0178. The molecule has 0 atom stereocenters. The van der Waals surface area contributed by atoms with E-state index in [9.17, 15) is 0 Å². The number of nitrogens with zero attached hydrogens (tertiary/aromatic N) is 2. The fraction of sp³-hybridized carbons (Fsp3) is 0.429. The lowest BCUT2D eigenvalue weighted by Gasteiger charge is -2.22. The van der Waals surface area contributed by atoms with Gasteiger partial charge in [0.25, 0.3) is 5.89 Å². The van der Waals surface area contributed by atoms with Crippen LogP contribution in [0.2, 0.25) is 5.02 Å². The highest BCUT2D eigenvalue weighted by Crippen LogP contribution is 2.40. The van der Waals surface area contributed by atoms with Crippen molar-refractivity contribution in [3.05, 3.63) is 29.0 Å². The highest BCUT2D eigenvalue weighted by atomic mass is 35.5. The van der Waals surface area contributed by atoms with Crippen LogP contribution in [-0.4, -0.2) is 17.3 Å². The summed E-state index contributed by atoms with van der Waals surface area (Å²) in [6.07, 6.45) is 4.08. The van der Waals surface area contributed by atoms with Crippen molar-refractivity contribution in [2.75, 3.05) is 12.8 Å². The van der Waals surface area contributed by atoms with Crippen LogP contribution in [0.15, 0.2) is 22.7 Å². The van der Waals surface area contributed by atoms with Gasteiger partial charge in [0.1, 0.15) is 5.60 Å². The first-order valence-electron chi connectivity index (χ1n) is 6.59. The van der Waals surface area contributed by atoms with Crippen molar-refractivity contribution in [2.24, 2.45) is 0 Å². The highest BCUT2D eigenvalue weighted by molar-refractivity contribution is 6.33. The maximum atomic E-state index is 6.01. The zero-order valence-electron chi connectivity index (χ0n) is 11.2. The van der Waals surface area contributed by atoms with Gasteiger partial charge in [0.05, 0.1) is 10.7 Å². The second kappa shape index (κ2) is 5.07. The van der Waals surface area contributed by atoms with E-state index in [1.54, 1.807) is 19.2 Å². The molecule has 0 spiro atoms. The van der Waals surface area contributed by atoms with Gasteiger partial charge in [0.15, 0.2) is 0 Å². The molecule has 0 saturated heterocycles. The first-order valence-corrected chi connectivity index (χ1v) is 6.97. The van der Waals surface area contributed by atoms with Crippen LogP contribution in [0.1, 0.15) is 31.5 Å². The van der Waals surface area contributed by atoms with E-state index in [2.05, 4.69) is 10.1 Å². The maximum absolute atomic E-state index is 6.01. The first kappa shape index (κ1) is 13.4. The largest absolute Gasteiger partial charge is 0.398 e. The Morgan fingerprint density at radius 1 is 1.35 bits per heavy atom. The molecule has 1 aliphatic rings. The van der Waals surface area contributed by atoms with Crippen LogP contribution in [0, 0.1) is 0 Å². The van der Waals surface area contributed by atoms with Gasteiger partial charge < -0.3 is 15.0 Å². The summed E-state index contributed by atoms with van der Waals surface area (Å²) < 4.78 is 11.0. The second-order valence-corrected chi connectivity index (χ2v) is 5.47. The average molecular weight is 294 g/mol. The molecule has 1 saturated carbocycles. The number of anilines is 1. The van der Waals surface area contributed by atoms with E-state index in [0.29, 0.717) is 22.4 Å². The van der Waals surface area contributed by atoms with Gasteiger partial charge in [-0.2, -0.15) is 4.98 Å². The summed E-state index contributed by atoms with van der Waals surface area (Å²) >= 11 is 6.01. The third-order valence-electron chi connectivity index (χ3n) is 3.88. The van der Waals surface area contributed by atoms with Crippen molar-refractivity contribution in [3.63, 3.8) is 0 Å². The summed E-state index contributed by atoms with van der Waals surface area (Å²) in [4.78, 5) is 4.47. The number of ether oxygens (including phenoxy) is 1. The standard InChI is InChI=1S/C14H16ClN3O2/c1-19-14(6-2-3-7-14)13-17-12(20-18-13)9-4-5-11(16)10(15)8-9/h4-5,8H,2-3,6-7,16H2,1H3. The molecule has 5 nitrogen and oxygen atoms in total. The molecule has 0 aliphatic heterocycles. The minimum Gasteiger partial charge on any atom is -0.398 e. The lowest BCUT2D eigenvalue weighted by Crippen LogP contribution is -2.25. The lowest BCUT2D eigenvalue weighted by atomic mass is 10.0. The van der Waals surface area contributed by atoms with E-state index in [4.69, 9.17) is 26.6 Å². The Morgan fingerprint density at radius 3 is 2.75 bits per heavy atom. The van der Waals surface area contributed by atoms with Crippen molar-refractivity contribution < 1.29 is 9.26 Å². The van der Waals surface area contributed by atoms with E-state index in [-0.39, 0.29) is 0 Å². The van der Waals surface area contributed by atoms with Gasteiger partial charge in [0.2, 0.25) is 5.82 Å². The van der Waals surface area contributed by atoms with Crippen molar-refractivity contribution in [1.82, 2.24) is 10.1 Å². The monoisotopic (exact) mass is 293 g/mol. The third kappa shape index (κ3) is 2.17. The fourth-order valence-electron chi connectivity index (χ4n) is 2.65. The Bertz CT molecular complexity index is 621. The summed E-state index contributed by atoms with van der Waals surface area (Å²) in [5, 5.41) is 4.56. The molecular formula is C14H16ClN3O2. The second-order valence-electron chi connectivity index (χ2n) is 5.06. The zero-order valence-corrected chi connectivity index (χ0v) is 12.0. The zero-order chi connectivity index (χ0) is 14.2. The van der Waals surface area contributed by atoms with Crippen LogP contribution >= 0.6 is 11.6 Å². The van der Waals surface area contributed by atoms with Crippen LogP contribution in [0.4, 0.5) is 5.69 Å². The van der Waals surface area contributed by atoms with Gasteiger partial charge in [-0.25, -0.2) is 0 Å². The molecule has 1 heterocycles. The topological polar surface area (TPSA) is 74.2 Å². The number of nitrogens with two attached hydrogens (primary N) is 1. The number of hydrogen-bond donors (Lipinski definition) is 1. The Kier molecular flexibility index (Phi) is 3.40. The van der Waals surface area contributed by atoms with Gasteiger partial charge >= 0.3 is 0 Å². The van der Waals surface area contributed by atoms with Gasteiger partial charge in [-0.3, -0.25) is 0 Å². The molecule has 6 heteroatoms. The fourth-order valence-corrected chi connectivity index (χ4v) is 2.83. The normalized spacial score (nSPS) is 17.5. The third-order valence-corrected chi connectivity index (χ3v) is 4.21. The molecule has 20 heavy (non-hydrogen) atoms. The van der Waals surface area contributed by atoms with Crippen LogP contribution in [0.25, 0.3) is 11.5 Å². The molecule has 106 valence electrons. The van der Waals surface area contributed by atoms with Gasteiger partial charge in [0, 0.05) is 12.7 Å². The summed E-state index contributed by atoms with van der Waals surface area (Å²) in [7, 11) is 1.70. The molecular weight excluding hydrogens is 278 g/mol. The molecule has 2 aromatic rings. The predicted octanol–water partition coefficient (Wildman–Crippen LogP) is 3.39. The summed E-state index contributed by atoms with van der Waals surface area (Å²) in [5.41, 5.74) is 6.58. The molecule has 1 fully saturated rings. The number of benzene rings is 1. The van der Waals surface area contributed by atoms with Crippen LogP contribution in [0.3, 0.4) is 0 Å². The first-order chi connectivity index (χ1) is 9.64. The quantitative estimate of drug-likeness (QED) is 0.878. The SMILES string of the molecule is COC1(c2noc(-c3ccc(N)c(Cl)c3)n2)CCCC1. The van der Waals surface area contributed by atoms with E-state index < -0.39 is 5.60 Å². The Hall–Kier alpha value is -1.59. The molecule has 1 aromatic heterocycles. The summed E-state index contributed by atoms with van der Waals surface area (Å²) in [6, 6.07) is 5.26. The summed E-state index contributed by atoms with van der Waals surface area (Å²) in [5.74, 6) is 1.05. The molecule has 3 rings (SSSR count). The van der Waals surface area contributed by atoms with Crippen LogP contribution < -0.4 is 5.73 Å². The Labute approximate surface area is 122 Å². The van der Waals surface area contributed by atoms with Crippen LogP contribution in [-0.2, 0) is 10.3 Å². The molecule has 1 aliphatic carbocycles. The average Bonchev–Trinajstić information content (AvgIpc) is 3.10. The molecule has 1 aromatic carbocycles. The molecule has 0 bridgehead atoms. The molecule has 0 unspecified atom stereocenters. The number of halogens is 1. The smallest absolute Gasteiger partial charge is 0.258 e. The number of hydrogen-bond acceptors (Lipinski definition) is 5. The Balaban J connectivity index is 1.95. The number of nitrogen functional groups attached to an aromatic ring is 1. The molecule has 2 N–H and O–H groups in total. The van der Waals surface area contributed by atoms with Gasteiger partial charge in [-0.05, 0) is 43.9 Å². The number of methoxy groups -OCH3 is 1. The number of rotatable bonds is 3. The molecule has 0 amide bonds. The van der Waals surface area contributed by atoms with E-state index in [0.717, 1.165) is 31.2 Å². The van der Waals surface area contributed by atoms with Crippen molar-refractivity contribution in [3.8, 4) is 11.5 Å². The highest BCUT2D eigenvalue weighted by Gasteiger charge is 2.40. The molecule has 0 radical (unpaired) electrons. The van der Waals surface area contributed by atoms with Gasteiger partial charge in [-0.15, -0.1) is 0 Å². The van der Waals surface area contributed by atoms with Crippen molar-refractivity contribution in [1.29, 1.82) is 0 Å². The van der Waals surface area contributed by atoms with Crippen molar-refractivity contribution in [2.45, 2.75) is 31.3 Å². The van der Waals surface area contributed by atoms with E-state index >= 15 is 0 Å². The minimum atomic E-state index is -0.403. The van der Waals surface area contributed by atoms with E-state index in [1.807, 2.05) is 6.07 Å². The Morgan fingerprint density at radius 2 is 2.10 bits per heavy atom. The van der Waals surface area contributed by atoms with Gasteiger partial charge in [-0.1, -0.05) is 16.8 Å². The minimum absolute atomic E-state index is 0.403. The van der Waals surface area contributed by atoms with E-state index in [1.165, 1.54) is 0 Å². The maximum Gasteiger partial charge on any atom is 0.258 e. The van der Waals surface area contributed by atoms with Crippen LogP contribution in [0.5, 0.6) is 0 Å².